The molecule has 2 N–H and O–H groups in total. The van der Waals surface area contributed by atoms with Crippen LogP contribution in [0.1, 0.15) is 30.8 Å². The number of nitrogens with zero attached hydrogens (tertiary/aromatic N) is 3. The van der Waals surface area contributed by atoms with Gasteiger partial charge in [0.2, 0.25) is 0 Å². The zero-order valence-electron chi connectivity index (χ0n) is 11.5. The van der Waals surface area contributed by atoms with E-state index in [1.165, 1.54) is 0 Å². The summed E-state index contributed by atoms with van der Waals surface area (Å²) >= 11 is 0. The highest BCUT2D eigenvalue weighted by Gasteiger charge is 2.14. The van der Waals surface area contributed by atoms with Crippen molar-refractivity contribution < 1.29 is 0 Å². The fraction of sp³-hybridized carbons (Fsp3) is 0.250. The number of benzene rings is 1. The molecule has 0 radical (unpaired) electrons. The van der Waals surface area contributed by atoms with E-state index in [4.69, 9.17) is 5.73 Å². The lowest BCUT2D eigenvalue weighted by Gasteiger charge is -2.14. The maximum absolute atomic E-state index is 6.38. The van der Waals surface area contributed by atoms with Gasteiger partial charge in [-0.15, -0.1) is 0 Å². The lowest BCUT2D eigenvalue weighted by atomic mass is 10.0. The van der Waals surface area contributed by atoms with Gasteiger partial charge in [-0.3, -0.25) is 4.98 Å². The van der Waals surface area contributed by atoms with Crippen LogP contribution < -0.4 is 5.73 Å². The average Bonchev–Trinajstić information content (AvgIpc) is 2.94. The zero-order valence-corrected chi connectivity index (χ0v) is 11.5. The van der Waals surface area contributed by atoms with E-state index in [2.05, 4.69) is 33.6 Å². The molecule has 0 spiro atoms. The molecule has 2 heterocycles. The van der Waals surface area contributed by atoms with Crippen LogP contribution in [-0.4, -0.2) is 14.5 Å². The van der Waals surface area contributed by atoms with E-state index in [0.717, 1.165) is 35.3 Å². The van der Waals surface area contributed by atoms with E-state index < -0.39 is 0 Å². The summed E-state index contributed by atoms with van der Waals surface area (Å²) in [6.07, 6.45) is 6.67. The van der Waals surface area contributed by atoms with Crippen LogP contribution in [-0.2, 0) is 6.54 Å². The highest BCUT2D eigenvalue weighted by atomic mass is 15.1. The SMILES string of the molecule is CCCn1ccnc1C(N)c1ccc2ncccc2c1. The van der Waals surface area contributed by atoms with Gasteiger partial charge < -0.3 is 10.3 Å². The van der Waals surface area contributed by atoms with Crippen LogP contribution >= 0.6 is 0 Å². The Morgan fingerprint density at radius 1 is 1.20 bits per heavy atom. The van der Waals surface area contributed by atoms with Crippen molar-refractivity contribution in [1.29, 1.82) is 0 Å². The van der Waals surface area contributed by atoms with E-state index in [1.54, 1.807) is 6.20 Å². The number of aromatic nitrogens is 3. The molecule has 0 bridgehead atoms. The summed E-state index contributed by atoms with van der Waals surface area (Å²) in [5.41, 5.74) is 8.43. The van der Waals surface area contributed by atoms with E-state index in [0.29, 0.717) is 0 Å². The lowest BCUT2D eigenvalue weighted by molar-refractivity contribution is 0.613. The molecule has 1 atom stereocenters. The van der Waals surface area contributed by atoms with Crippen LogP contribution in [0.3, 0.4) is 0 Å². The molecule has 2 aromatic heterocycles. The Morgan fingerprint density at radius 2 is 2.10 bits per heavy atom. The van der Waals surface area contributed by atoms with Gasteiger partial charge in [0.05, 0.1) is 11.6 Å². The number of nitrogens with two attached hydrogens (primary N) is 1. The van der Waals surface area contributed by atoms with Crippen LogP contribution in [0.4, 0.5) is 0 Å². The van der Waals surface area contributed by atoms with Crippen LogP contribution in [0.25, 0.3) is 10.9 Å². The van der Waals surface area contributed by atoms with Crippen LogP contribution in [0.15, 0.2) is 48.9 Å². The summed E-state index contributed by atoms with van der Waals surface area (Å²) in [7, 11) is 0. The highest BCUT2D eigenvalue weighted by Crippen LogP contribution is 2.22. The molecule has 0 saturated heterocycles. The van der Waals surface area contributed by atoms with Gasteiger partial charge in [-0.2, -0.15) is 0 Å². The summed E-state index contributed by atoms with van der Waals surface area (Å²) < 4.78 is 2.12. The predicted octanol–water partition coefficient (Wildman–Crippen LogP) is 2.89. The van der Waals surface area contributed by atoms with E-state index in [9.17, 15) is 0 Å². The quantitative estimate of drug-likeness (QED) is 0.790. The fourth-order valence-electron chi connectivity index (χ4n) is 2.47. The number of fused-ring (bicyclic) bond motifs is 1. The molecule has 0 aliphatic carbocycles. The Hall–Kier alpha value is -2.20. The zero-order chi connectivity index (χ0) is 13.9. The molecular formula is C16H18N4. The maximum Gasteiger partial charge on any atom is 0.130 e. The third-order valence-electron chi connectivity index (χ3n) is 3.48. The predicted molar refractivity (Wildman–Crippen MR) is 80.3 cm³/mol. The second kappa shape index (κ2) is 5.43. The molecule has 0 fully saturated rings. The van der Waals surface area contributed by atoms with Crippen molar-refractivity contribution in [2.45, 2.75) is 25.9 Å². The van der Waals surface area contributed by atoms with Crippen molar-refractivity contribution in [2.24, 2.45) is 5.73 Å². The first-order chi connectivity index (χ1) is 9.79. The van der Waals surface area contributed by atoms with Crippen molar-refractivity contribution in [2.75, 3.05) is 0 Å². The minimum Gasteiger partial charge on any atom is -0.333 e. The van der Waals surface area contributed by atoms with Crippen LogP contribution in [0.5, 0.6) is 0 Å². The molecule has 4 nitrogen and oxygen atoms in total. The third-order valence-corrected chi connectivity index (χ3v) is 3.48. The molecule has 1 unspecified atom stereocenters. The topological polar surface area (TPSA) is 56.7 Å². The largest absolute Gasteiger partial charge is 0.333 e. The molecule has 1 aromatic carbocycles. The summed E-state index contributed by atoms with van der Waals surface area (Å²) in [4.78, 5) is 8.74. The molecule has 3 aromatic rings. The minimum atomic E-state index is -0.207. The van der Waals surface area contributed by atoms with Gasteiger partial charge in [0.25, 0.3) is 0 Å². The second-order valence-electron chi connectivity index (χ2n) is 4.91. The van der Waals surface area contributed by atoms with E-state index in [1.807, 2.05) is 30.6 Å². The number of aryl methyl sites for hydroxylation is 1. The Bertz CT molecular complexity index is 717. The smallest absolute Gasteiger partial charge is 0.130 e. The number of hydrogen-bond acceptors (Lipinski definition) is 3. The van der Waals surface area contributed by atoms with Crippen molar-refractivity contribution in [3.63, 3.8) is 0 Å². The summed E-state index contributed by atoms with van der Waals surface area (Å²) in [6, 6.07) is 9.92. The lowest BCUT2D eigenvalue weighted by Crippen LogP contribution is -2.17. The summed E-state index contributed by atoms with van der Waals surface area (Å²) in [5.74, 6) is 0.912. The summed E-state index contributed by atoms with van der Waals surface area (Å²) in [6.45, 7) is 3.09. The molecule has 0 saturated carbocycles. The Balaban J connectivity index is 1.99. The van der Waals surface area contributed by atoms with Crippen molar-refractivity contribution >= 4 is 10.9 Å². The molecule has 0 amide bonds. The Morgan fingerprint density at radius 3 is 2.95 bits per heavy atom. The number of imidazole rings is 1. The Labute approximate surface area is 118 Å². The van der Waals surface area contributed by atoms with Gasteiger partial charge in [0, 0.05) is 30.5 Å². The molecule has 3 rings (SSSR count). The molecule has 4 heteroatoms. The van der Waals surface area contributed by atoms with Crippen molar-refractivity contribution in [1.82, 2.24) is 14.5 Å². The number of pyridine rings is 1. The average molecular weight is 266 g/mol. The van der Waals surface area contributed by atoms with Crippen molar-refractivity contribution in [3.8, 4) is 0 Å². The Kier molecular flexibility index (Phi) is 3.48. The number of hydrogen-bond donors (Lipinski definition) is 1. The van der Waals surface area contributed by atoms with Crippen LogP contribution in [0, 0.1) is 0 Å². The fourth-order valence-corrected chi connectivity index (χ4v) is 2.47. The minimum absolute atomic E-state index is 0.207. The highest BCUT2D eigenvalue weighted by molar-refractivity contribution is 5.79. The first-order valence-electron chi connectivity index (χ1n) is 6.91. The van der Waals surface area contributed by atoms with Crippen molar-refractivity contribution in [3.05, 3.63) is 60.3 Å². The second-order valence-corrected chi connectivity index (χ2v) is 4.91. The van der Waals surface area contributed by atoms with Gasteiger partial charge in [-0.25, -0.2) is 4.98 Å². The van der Waals surface area contributed by atoms with E-state index in [-0.39, 0.29) is 6.04 Å². The first-order valence-corrected chi connectivity index (χ1v) is 6.91. The number of rotatable bonds is 4. The molecular weight excluding hydrogens is 248 g/mol. The standard InChI is InChI=1S/C16H18N4/c1-2-9-20-10-8-19-16(20)15(17)13-5-6-14-12(11-13)4-3-7-18-14/h3-8,10-11,15H,2,9,17H2,1H3. The molecule has 0 aliphatic rings. The van der Waals surface area contributed by atoms with Crippen LogP contribution in [0.2, 0.25) is 0 Å². The van der Waals surface area contributed by atoms with Gasteiger partial charge >= 0.3 is 0 Å². The third kappa shape index (κ3) is 2.30. The molecule has 102 valence electrons. The van der Waals surface area contributed by atoms with Gasteiger partial charge in [0.15, 0.2) is 0 Å². The van der Waals surface area contributed by atoms with E-state index >= 15 is 0 Å². The monoisotopic (exact) mass is 266 g/mol. The normalized spacial score (nSPS) is 12.7. The summed E-state index contributed by atoms with van der Waals surface area (Å²) in [5, 5.41) is 1.11. The first kappa shape index (κ1) is 12.8. The van der Waals surface area contributed by atoms with Gasteiger partial charge in [-0.1, -0.05) is 19.1 Å². The molecule has 0 aliphatic heterocycles. The van der Waals surface area contributed by atoms with Gasteiger partial charge in [-0.05, 0) is 30.2 Å². The van der Waals surface area contributed by atoms with Gasteiger partial charge in [0.1, 0.15) is 5.82 Å². The maximum atomic E-state index is 6.38. The molecule has 20 heavy (non-hydrogen) atoms.